The van der Waals surface area contributed by atoms with Gasteiger partial charge in [-0.1, -0.05) is 6.07 Å². The summed E-state index contributed by atoms with van der Waals surface area (Å²) in [4.78, 5) is 15.8. The van der Waals surface area contributed by atoms with E-state index < -0.39 is 35.9 Å². The zero-order valence-electron chi connectivity index (χ0n) is 13.8. The molecule has 0 bridgehead atoms. The lowest BCUT2D eigenvalue weighted by atomic mass is 9.83. The Hall–Kier alpha value is -2.09. The van der Waals surface area contributed by atoms with Gasteiger partial charge in [0.1, 0.15) is 18.0 Å². The number of rotatable bonds is 6. The highest BCUT2D eigenvalue weighted by atomic mass is 19.3. The molecule has 3 rings (SSSR count). The van der Waals surface area contributed by atoms with E-state index >= 15 is 0 Å². The summed E-state index contributed by atoms with van der Waals surface area (Å²) in [5.41, 5.74) is 3.62. The molecule has 0 spiro atoms. The molecule has 8 heteroatoms. The number of hydrogen-bond donors (Lipinski definition) is 1. The summed E-state index contributed by atoms with van der Waals surface area (Å²) < 4.78 is 52.6. The molecule has 1 fully saturated rings. The number of nitrogens with two attached hydrogens (primary N) is 1. The number of nitrogens with zero attached hydrogens (tertiary/aromatic N) is 1. The molecule has 1 aromatic carbocycles. The maximum Gasteiger partial charge on any atom is 0.283 e. The van der Waals surface area contributed by atoms with Gasteiger partial charge in [0.15, 0.2) is 11.3 Å². The van der Waals surface area contributed by atoms with Crippen molar-refractivity contribution in [3.8, 4) is 0 Å². The molecule has 5 nitrogen and oxygen atoms in total. The number of Topliss-reactive ketones (excluding diaryl/α,β-unsaturated/α-hetero) is 1. The first kappa shape index (κ1) is 17.7. The predicted octanol–water partition coefficient (Wildman–Crippen LogP) is 2.17. The molecule has 0 unspecified atom stereocenters. The normalized spacial score (nSPS) is 28.8. The summed E-state index contributed by atoms with van der Waals surface area (Å²) in [7, 11) is 1.40. The number of ether oxygens (including phenoxy) is 2. The first-order valence-electron chi connectivity index (χ1n) is 7.94. The number of alkyl halides is 2. The number of halogens is 3. The monoisotopic (exact) mass is 356 g/mol. The fourth-order valence-electron chi connectivity index (χ4n) is 3.27. The summed E-state index contributed by atoms with van der Waals surface area (Å²) in [5, 5.41) is 0. The van der Waals surface area contributed by atoms with Crippen LogP contribution in [-0.2, 0) is 26.2 Å². The maximum atomic E-state index is 14.4. The molecule has 0 radical (unpaired) electrons. The Balaban J connectivity index is 2.02. The third-order valence-electron chi connectivity index (χ3n) is 4.84. The number of aliphatic imine (C=N–C) groups is 1. The summed E-state index contributed by atoms with van der Waals surface area (Å²) in [6, 6.07) is 3.39. The molecule has 25 heavy (non-hydrogen) atoms. The largest absolute Gasteiger partial charge is 0.462 e. The number of amidine groups is 1. The fourth-order valence-corrected chi connectivity index (χ4v) is 3.27. The number of ketones is 1. The molecule has 2 aliphatic rings. The zero-order valence-corrected chi connectivity index (χ0v) is 13.8. The lowest BCUT2D eigenvalue weighted by Gasteiger charge is -2.33. The second kappa shape index (κ2) is 6.33. The second-order valence-electron chi connectivity index (χ2n) is 6.41. The van der Waals surface area contributed by atoms with Gasteiger partial charge in [-0.2, -0.15) is 0 Å². The Morgan fingerprint density at radius 1 is 1.52 bits per heavy atom. The number of carbonyl (C=O) groups excluding carboxylic acids is 1. The van der Waals surface area contributed by atoms with Crippen molar-refractivity contribution in [2.75, 3.05) is 7.11 Å². The smallest absolute Gasteiger partial charge is 0.283 e. The van der Waals surface area contributed by atoms with Crippen LogP contribution >= 0.6 is 0 Å². The Morgan fingerprint density at radius 3 is 2.88 bits per heavy atom. The summed E-state index contributed by atoms with van der Waals surface area (Å²) in [6.45, 7) is 1.59. The van der Waals surface area contributed by atoms with Crippen LogP contribution in [0.1, 0.15) is 24.5 Å². The van der Waals surface area contributed by atoms with Crippen LogP contribution in [0.3, 0.4) is 0 Å². The van der Waals surface area contributed by atoms with Crippen LogP contribution in [0.2, 0.25) is 0 Å². The summed E-state index contributed by atoms with van der Waals surface area (Å²) >= 11 is 0. The molecule has 1 aliphatic carbocycles. The van der Waals surface area contributed by atoms with Gasteiger partial charge in [-0.15, -0.1) is 0 Å². The van der Waals surface area contributed by atoms with Gasteiger partial charge in [0.05, 0.1) is 0 Å². The molecule has 0 aromatic heterocycles. The van der Waals surface area contributed by atoms with Crippen molar-refractivity contribution in [1.29, 1.82) is 0 Å². The SMILES string of the molecule is CO[C@H](C)C(=O)Cc1ccc(F)c([C@@]2(C(F)F)N=C(N)O[C@@H]3C[C@@H]32)c1. The standard InChI is InChI=1S/C17H19F3N2O3/c1-8(24-2)13(23)6-9-3-4-12(18)10(5-9)17(15(19)20)11-7-14(11)25-16(21)22-17/h3-5,8,11,14-15H,6-7H2,1-2H3,(H2,21,22)/t8-,11+,14-,17-/m1/s1. The molecule has 0 saturated heterocycles. The number of hydrogen-bond acceptors (Lipinski definition) is 5. The average molecular weight is 356 g/mol. The Morgan fingerprint density at radius 2 is 2.24 bits per heavy atom. The van der Waals surface area contributed by atoms with E-state index in [-0.39, 0.29) is 23.8 Å². The van der Waals surface area contributed by atoms with E-state index in [0.717, 1.165) is 6.07 Å². The number of benzene rings is 1. The van der Waals surface area contributed by atoms with E-state index in [2.05, 4.69) is 4.99 Å². The molecule has 4 atom stereocenters. The van der Waals surface area contributed by atoms with Gasteiger partial charge < -0.3 is 15.2 Å². The highest BCUT2D eigenvalue weighted by Gasteiger charge is 2.64. The van der Waals surface area contributed by atoms with E-state index in [1.165, 1.54) is 19.2 Å². The van der Waals surface area contributed by atoms with E-state index in [1.54, 1.807) is 6.92 Å². The number of fused-ring (bicyclic) bond motifs is 1. The first-order valence-corrected chi connectivity index (χ1v) is 7.94. The van der Waals surface area contributed by atoms with Crippen molar-refractivity contribution < 1.29 is 27.4 Å². The van der Waals surface area contributed by atoms with Crippen LogP contribution in [0.25, 0.3) is 0 Å². The molecule has 1 aromatic rings. The van der Waals surface area contributed by atoms with Crippen LogP contribution in [0.5, 0.6) is 0 Å². The molecule has 1 aliphatic heterocycles. The minimum Gasteiger partial charge on any atom is -0.462 e. The second-order valence-corrected chi connectivity index (χ2v) is 6.41. The molecule has 136 valence electrons. The van der Waals surface area contributed by atoms with Gasteiger partial charge in [-0.25, -0.2) is 18.2 Å². The highest BCUT2D eigenvalue weighted by Crippen LogP contribution is 2.56. The highest BCUT2D eigenvalue weighted by molar-refractivity contribution is 5.85. The van der Waals surface area contributed by atoms with Gasteiger partial charge in [0, 0.05) is 25.0 Å². The fraction of sp³-hybridized carbons (Fsp3) is 0.529. The molecule has 0 amide bonds. The van der Waals surface area contributed by atoms with Crippen LogP contribution < -0.4 is 5.73 Å². The van der Waals surface area contributed by atoms with Crippen molar-refractivity contribution in [2.24, 2.45) is 16.6 Å². The maximum absolute atomic E-state index is 14.4. The van der Waals surface area contributed by atoms with Gasteiger partial charge in [-0.05, 0) is 31.0 Å². The van der Waals surface area contributed by atoms with Crippen LogP contribution in [0, 0.1) is 11.7 Å². The minimum atomic E-state index is -2.96. The molecular weight excluding hydrogens is 337 g/mol. The van der Waals surface area contributed by atoms with E-state index in [4.69, 9.17) is 15.2 Å². The Labute approximate surface area is 143 Å². The van der Waals surface area contributed by atoms with Crippen molar-refractivity contribution >= 4 is 11.8 Å². The van der Waals surface area contributed by atoms with E-state index in [1.807, 2.05) is 0 Å². The third kappa shape index (κ3) is 2.99. The molecule has 2 N–H and O–H groups in total. The van der Waals surface area contributed by atoms with Gasteiger partial charge >= 0.3 is 0 Å². The third-order valence-corrected chi connectivity index (χ3v) is 4.84. The van der Waals surface area contributed by atoms with Crippen LogP contribution in [0.4, 0.5) is 13.2 Å². The van der Waals surface area contributed by atoms with E-state index in [0.29, 0.717) is 12.0 Å². The lowest BCUT2D eigenvalue weighted by molar-refractivity contribution is -0.127. The van der Waals surface area contributed by atoms with E-state index in [9.17, 15) is 18.0 Å². The molecule has 1 heterocycles. The Bertz CT molecular complexity index is 725. The molecular formula is C17H19F3N2O3. The van der Waals surface area contributed by atoms with Crippen molar-refractivity contribution in [2.45, 2.75) is 43.9 Å². The zero-order chi connectivity index (χ0) is 18.4. The van der Waals surface area contributed by atoms with Gasteiger partial charge in [0.25, 0.3) is 12.4 Å². The number of carbonyl (C=O) groups is 1. The van der Waals surface area contributed by atoms with Crippen LogP contribution in [-0.4, -0.2) is 37.5 Å². The Kier molecular flexibility index (Phi) is 4.49. The van der Waals surface area contributed by atoms with Crippen molar-refractivity contribution in [3.05, 3.63) is 35.1 Å². The van der Waals surface area contributed by atoms with Crippen molar-refractivity contribution in [1.82, 2.24) is 0 Å². The topological polar surface area (TPSA) is 73.9 Å². The predicted molar refractivity (Wildman–Crippen MR) is 83.9 cm³/mol. The quantitative estimate of drug-likeness (QED) is 0.848. The summed E-state index contributed by atoms with van der Waals surface area (Å²) in [6.07, 6.45) is -3.79. The van der Waals surface area contributed by atoms with Gasteiger partial charge in [0.2, 0.25) is 0 Å². The lowest BCUT2D eigenvalue weighted by Crippen LogP contribution is -2.43. The summed E-state index contributed by atoms with van der Waals surface area (Å²) in [5.74, 6) is -1.68. The van der Waals surface area contributed by atoms with Crippen LogP contribution in [0.15, 0.2) is 23.2 Å². The minimum absolute atomic E-state index is 0.0502. The van der Waals surface area contributed by atoms with Gasteiger partial charge in [-0.3, -0.25) is 4.79 Å². The number of methoxy groups -OCH3 is 1. The first-order chi connectivity index (χ1) is 11.8. The van der Waals surface area contributed by atoms with Crippen molar-refractivity contribution in [3.63, 3.8) is 0 Å². The average Bonchev–Trinajstić information content (AvgIpc) is 3.34. The molecule has 1 saturated carbocycles.